The first-order valence-electron chi connectivity index (χ1n) is 10.2. The number of aromatic nitrogens is 2. The van der Waals surface area contributed by atoms with Crippen molar-refractivity contribution in [1.82, 2.24) is 9.97 Å². The number of pyridine rings is 1. The molecule has 0 fully saturated rings. The van der Waals surface area contributed by atoms with Crippen molar-refractivity contribution in [2.45, 2.75) is 17.2 Å². The number of aliphatic hydroxyl groups excluding tert-OH is 1. The van der Waals surface area contributed by atoms with E-state index in [1.807, 2.05) is 6.07 Å². The molecule has 10 heteroatoms. The highest BCUT2D eigenvalue weighted by Gasteiger charge is 2.22. The standard InChI is InChI=1S/C25H15Cl2FN4O2S/c26-17-5-3-15(4-6-17)24-31-18(12-34-24)13-35-25-20(11-30)22(19(10-29)23(27)32-25)16-2-1-14(7-8-33)21(28)9-16/h1-6,9,12,33H,7-8,13H2. The zero-order valence-electron chi connectivity index (χ0n) is 17.9. The third-order valence-corrected chi connectivity index (χ3v) is 6.60. The number of nitrogens with zero attached hydrogens (tertiary/aromatic N) is 4. The maximum atomic E-state index is 14.6. The highest BCUT2D eigenvalue weighted by molar-refractivity contribution is 7.98. The lowest BCUT2D eigenvalue weighted by Crippen LogP contribution is -2.00. The van der Waals surface area contributed by atoms with E-state index in [4.69, 9.17) is 32.7 Å². The monoisotopic (exact) mass is 524 g/mol. The van der Waals surface area contributed by atoms with Crippen molar-refractivity contribution < 1.29 is 13.9 Å². The summed E-state index contributed by atoms with van der Waals surface area (Å²) in [7, 11) is 0. The maximum absolute atomic E-state index is 14.6. The highest BCUT2D eigenvalue weighted by Crippen LogP contribution is 2.38. The molecular formula is C25H15Cl2FN4O2S. The summed E-state index contributed by atoms with van der Waals surface area (Å²) in [5.74, 6) is 0.177. The Morgan fingerprint density at radius 2 is 1.71 bits per heavy atom. The lowest BCUT2D eigenvalue weighted by molar-refractivity contribution is 0.297. The van der Waals surface area contributed by atoms with Crippen molar-refractivity contribution in [2.75, 3.05) is 6.61 Å². The Bertz CT molecular complexity index is 1480. The Morgan fingerprint density at radius 1 is 1.00 bits per heavy atom. The van der Waals surface area contributed by atoms with E-state index >= 15 is 0 Å². The first-order chi connectivity index (χ1) is 16.9. The van der Waals surface area contributed by atoms with Crippen molar-refractivity contribution >= 4 is 35.0 Å². The molecule has 2 aromatic carbocycles. The minimum atomic E-state index is -0.552. The van der Waals surface area contributed by atoms with Crippen molar-refractivity contribution in [3.63, 3.8) is 0 Å². The first kappa shape index (κ1) is 24.7. The van der Waals surface area contributed by atoms with Crippen LogP contribution in [0, 0.1) is 28.5 Å². The van der Waals surface area contributed by atoms with Gasteiger partial charge in [0, 0.05) is 28.5 Å². The fourth-order valence-electron chi connectivity index (χ4n) is 3.40. The number of aliphatic hydroxyl groups is 1. The predicted octanol–water partition coefficient (Wildman–Crippen LogP) is 6.42. The number of oxazole rings is 1. The smallest absolute Gasteiger partial charge is 0.226 e. The molecule has 1 N–H and O–H groups in total. The van der Waals surface area contributed by atoms with Crippen LogP contribution >= 0.6 is 35.0 Å². The summed E-state index contributed by atoms with van der Waals surface area (Å²) in [6, 6.07) is 15.4. The third-order valence-electron chi connectivity index (χ3n) is 5.07. The SMILES string of the molecule is N#Cc1c(Cl)nc(SCc2coc(-c3ccc(Cl)cc3)n2)c(C#N)c1-c1ccc(CCO)c(F)c1. The molecule has 4 aromatic rings. The average Bonchev–Trinajstić information content (AvgIpc) is 3.33. The van der Waals surface area contributed by atoms with Crippen LogP contribution < -0.4 is 0 Å². The van der Waals surface area contributed by atoms with E-state index in [-0.39, 0.29) is 39.9 Å². The van der Waals surface area contributed by atoms with Crippen LogP contribution in [0.5, 0.6) is 0 Å². The largest absolute Gasteiger partial charge is 0.444 e. The summed E-state index contributed by atoms with van der Waals surface area (Å²) >= 11 is 13.4. The second-order valence-electron chi connectivity index (χ2n) is 7.28. The maximum Gasteiger partial charge on any atom is 0.226 e. The van der Waals surface area contributed by atoms with Crippen LogP contribution in [0.1, 0.15) is 22.4 Å². The minimum Gasteiger partial charge on any atom is -0.444 e. The lowest BCUT2D eigenvalue weighted by Gasteiger charge is -2.13. The van der Waals surface area contributed by atoms with Crippen molar-refractivity contribution in [3.8, 4) is 34.7 Å². The molecule has 0 amide bonds. The van der Waals surface area contributed by atoms with Crippen LogP contribution in [-0.2, 0) is 12.2 Å². The zero-order valence-corrected chi connectivity index (χ0v) is 20.3. The number of halogens is 3. The van der Waals surface area contributed by atoms with E-state index in [1.165, 1.54) is 30.2 Å². The highest BCUT2D eigenvalue weighted by atomic mass is 35.5. The van der Waals surface area contributed by atoms with Crippen LogP contribution in [0.3, 0.4) is 0 Å². The summed E-state index contributed by atoms with van der Waals surface area (Å²) in [6.07, 6.45) is 1.65. The molecule has 2 aromatic heterocycles. The second kappa shape index (κ2) is 10.9. The molecule has 0 saturated heterocycles. The summed E-state index contributed by atoms with van der Waals surface area (Å²) in [4.78, 5) is 8.70. The number of thioether (sulfide) groups is 1. The molecule has 174 valence electrons. The van der Waals surface area contributed by atoms with Gasteiger partial charge in [0.2, 0.25) is 5.89 Å². The summed E-state index contributed by atoms with van der Waals surface area (Å²) < 4.78 is 20.1. The first-order valence-corrected chi connectivity index (χ1v) is 12.0. The quantitative estimate of drug-likeness (QED) is 0.219. The summed E-state index contributed by atoms with van der Waals surface area (Å²) in [5.41, 5.74) is 2.29. The average molecular weight is 525 g/mol. The van der Waals surface area contributed by atoms with Gasteiger partial charge in [-0.3, -0.25) is 0 Å². The molecule has 0 unspecified atom stereocenters. The molecule has 6 nitrogen and oxygen atoms in total. The minimum absolute atomic E-state index is 0.0201. The van der Waals surface area contributed by atoms with Crippen molar-refractivity contribution in [2.24, 2.45) is 0 Å². The Balaban J connectivity index is 1.67. The van der Waals surface area contributed by atoms with Gasteiger partial charge in [0.05, 0.1) is 16.8 Å². The van der Waals surface area contributed by atoms with E-state index in [0.717, 1.165) is 5.56 Å². The molecular weight excluding hydrogens is 510 g/mol. The number of hydrogen-bond donors (Lipinski definition) is 1. The molecule has 2 heterocycles. The molecule has 0 aliphatic rings. The van der Waals surface area contributed by atoms with Gasteiger partial charge in [-0.2, -0.15) is 10.5 Å². The Labute approximate surface area is 214 Å². The van der Waals surface area contributed by atoms with E-state index < -0.39 is 5.82 Å². The molecule has 4 rings (SSSR count). The normalized spacial score (nSPS) is 10.7. The van der Waals surface area contributed by atoms with Crippen LogP contribution in [-0.4, -0.2) is 21.7 Å². The molecule has 0 spiro atoms. The van der Waals surface area contributed by atoms with E-state index in [1.54, 1.807) is 30.3 Å². The zero-order chi connectivity index (χ0) is 24.9. The van der Waals surface area contributed by atoms with Gasteiger partial charge in [-0.1, -0.05) is 47.1 Å². The number of benzene rings is 2. The van der Waals surface area contributed by atoms with Gasteiger partial charge in [0.15, 0.2) is 0 Å². The summed E-state index contributed by atoms with van der Waals surface area (Å²) in [6.45, 7) is -0.202. The summed E-state index contributed by atoms with van der Waals surface area (Å²) in [5, 5.41) is 29.5. The van der Waals surface area contributed by atoms with Gasteiger partial charge in [-0.25, -0.2) is 14.4 Å². The van der Waals surface area contributed by atoms with Gasteiger partial charge >= 0.3 is 0 Å². The van der Waals surface area contributed by atoms with Crippen LogP contribution in [0.25, 0.3) is 22.6 Å². The molecule has 35 heavy (non-hydrogen) atoms. The van der Waals surface area contributed by atoms with Crippen LogP contribution in [0.2, 0.25) is 10.2 Å². The van der Waals surface area contributed by atoms with Crippen molar-refractivity contribution in [3.05, 3.63) is 87.1 Å². The molecule has 0 aliphatic heterocycles. The molecule has 0 saturated carbocycles. The topological polar surface area (TPSA) is 107 Å². The van der Waals surface area contributed by atoms with Crippen molar-refractivity contribution in [1.29, 1.82) is 10.5 Å². The second-order valence-corrected chi connectivity index (χ2v) is 9.03. The molecule has 0 bridgehead atoms. The lowest BCUT2D eigenvalue weighted by atomic mass is 9.96. The van der Waals surface area contributed by atoms with E-state index in [0.29, 0.717) is 33.5 Å². The number of nitriles is 2. The third kappa shape index (κ3) is 5.32. The molecule has 0 radical (unpaired) electrons. The van der Waals surface area contributed by atoms with Gasteiger partial charge in [-0.15, -0.1) is 0 Å². The Kier molecular flexibility index (Phi) is 7.70. The van der Waals surface area contributed by atoms with Crippen LogP contribution in [0.4, 0.5) is 4.39 Å². The fraction of sp³-hybridized carbons (Fsp3) is 0.120. The number of rotatable bonds is 7. The number of hydrogen-bond acceptors (Lipinski definition) is 7. The van der Waals surface area contributed by atoms with Crippen LogP contribution in [0.15, 0.2) is 58.2 Å². The Morgan fingerprint density at radius 3 is 2.37 bits per heavy atom. The van der Waals surface area contributed by atoms with E-state index in [9.17, 15) is 14.9 Å². The van der Waals surface area contributed by atoms with Gasteiger partial charge < -0.3 is 9.52 Å². The Hall–Kier alpha value is -3.40. The van der Waals surface area contributed by atoms with Gasteiger partial charge in [-0.05, 0) is 47.9 Å². The van der Waals surface area contributed by atoms with Gasteiger partial charge in [0.25, 0.3) is 0 Å². The van der Waals surface area contributed by atoms with Gasteiger partial charge in [0.1, 0.15) is 34.4 Å². The molecule has 0 aliphatic carbocycles. The van der Waals surface area contributed by atoms with E-state index in [2.05, 4.69) is 16.0 Å². The molecule has 0 atom stereocenters. The predicted molar refractivity (Wildman–Crippen MR) is 131 cm³/mol. The fourth-order valence-corrected chi connectivity index (χ4v) is 4.66.